The molecule has 3 heterocycles. The van der Waals surface area contributed by atoms with Gasteiger partial charge in [-0.15, -0.1) is 10.2 Å². The summed E-state index contributed by atoms with van der Waals surface area (Å²) >= 11 is 0. The van der Waals surface area contributed by atoms with Crippen molar-refractivity contribution in [1.82, 2.24) is 19.5 Å². The van der Waals surface area contributed by atoms with Gasteiger partial charge in [0, 0.05) is 30.8 Å². The number of carbonyl (C=O) groups excluding carboxylic acids is 1. The van der Waals surface area contributed by atoms with Gasteiger partial charge in [0.1, 0.15) is 5.82 Å². The van der Waals surface area contributed by atoms with E-state index in [1.807, 2.05) is 65.7 Å². The predicted octanol–water partition coefficient (Wildman–Crippen LogP) is 4.34. The van der Waals surface area contributed by atoms with Crippen LogP contribution >= 0.6 is 0 Å². The van der Waals surface area contributed by atoms with Crippen molar-refractivity contribution in [2.45, 2.75) is 25.2 Å². The van der Waals surface area contributed by atoms with Crippen LogP contribution in [0.25, 0.3) is 5.65 Å². The molecule has 5 heteroatoms. The average molecular weight is 396 g/mol. The molecule has 1 aliphatic heterocycles. The Morgan fingerprint density at radius 3 is 2.43 bits per heavy atom. The molecule has 2 aromatic carbocycles. The quantitative estimate of drug-likeness (QED) is 0.516. The fourth-order valence-corrected chi connectivity index (χ4v) is 4.35. The largest absolute Gasteiger partial charge is 0.339 e. The van der Waals surface area contributed by atoms with Crippen LogP contribution in [0, 0.1) is 0 Å². The molecule has 0 bridgehead atoms. The van der Waals surface area contributed by atoms with Crippen molar-refractivity contribution in [2.24, 2.45) is 0 Å². The van der Waals surface area contributed by atoms with Crippen LogP contribution in [-0.2, 0) is 6.42 Å². The summed E-state index contributed by atoms with van der Waals surface area (Å²) in [6.07, 6.45) is 4.59. The van der Waals surface area contributed by atoms with Gasteiger partial charge in [0.05, 0.1) is 0 Å². The Morgan fingerprint density at radius 2 is 1.60 bits per heavy atom. The van der Waals surface area contributed by atoms with E-state index < -0.39 is 0 Å². The van der Waals surface area contributed by atoms with Crippen LogP contribution in [0.4, 0.5) is 0 Å². The van der Waals surface area contributed by atoms with Crippen molar-refractivity contribution in [3.05, 3.63) is 102 Å². The minimum absolute atomic E-state index is 0.131. The molecule has 0 radical (unpaired) electrons. The molecule has 0 N–H and O–H groups in total. The van der Waals surface area contributed by atoms with E-state index in [-0.39, 0.29) is 5.91 Å². The summed E-state index contributed by atoms with van der Waals surface area (Å²) < 4.78 is 2.07. The molecule has 0 aliphatic carbocycles. The Kier molecular flexibility index (Phi) is 5.01. The van der Waals surface area contributed by atoms with Crippen LogP contribution in [0.2, 0.25) is 0 Å². The Hall–Kier alpha value is -3.47. The first-order chi connectivity index (χ1) is 14.8. The molecule has 1 aliphatic rings. The second-order valence-electron chi connectivity index (χ2n) is 7.87. The maximum Gasteiger partial charge on any atom is 0.254 e. The van der Waals surface area contributed by atoms with Crippen LogP contribution < -0.4 is 0 Å². The van der Waals surface area contributed by atoms with Crippen LogP contribution in [0.1, 0.15) is 46.1 Å². The van der Waals surface area contributed by atoms with E-state index in [0.717, 1.165) is 55.0 Å². The second-order valence-corrected chi connectivity index (χ2v) is 7.87. The monoisotopic (exact) mass is 396 g/mol. The van der Waals surface area contributed by atoms with E-state index in [1.54, 1.807) is 0 Å². The fourth-order valence-electron chi connectivity index (χ4n) is 4.35. The summed E-state index contributed by atoms with van der Waals surface area (Å²) in [5, 5.41) is 8.70. The van der Waals surface area contributed by atoms with E-state index in [9.17, 15) is 4.79 Å². The molecule has 2 aromatic heterocycles. The van der Waals surface area contributed by atoms with E-state index in [4.69, 9.17) is 0 Å². The van der Waals surface area contributed by atoms with Gasteiger partial charge in [-0.25, -0.2) is 0 Å². The molecule has 30 heavy (non-hydrogen) atoms. The van der Waals surface area contributed by atoms with E-state index in [1.165, 1.54) is 5.56 Å². The van der Waals surface area contributed by atoms with Gasteiger partial charge in [0.25, 0.3) is 5.91 Å². The van der Waals surface area contributed by atoms with Gasteiger partial charge in [-0.2, -0.15) is 0 Å². The van der Waals surface area contributed by atoms with Crippen molar-refractivity contribution in [3.8, 4) is 0 Å². The Labute approximate surface area is 176 Å². The third-order valence-electron chi connectivity index (χ3n) is 5.97. The lowest BCUT2D eigenvalue weighted by atomic mass is 9.94. The minimum Gasteiger partial charge on any atom is -0.339 e. The number of likely N-dealkylation sites (tertiary alicyclic amines) is 1. The van der Waals surface area contributed by atoms with Crippen LogP contribution in [0.15, 0.2) is 79.0 Å². The normalized spacial score (nSPS) is 14.9. The third-order valence-corrected chi connectivity index (χ3v) is 5.97. The molecule has 1 saturated heterocycles. The number of piperidine rings is 1. The molecule has 0 spiro atoms. The zero-order valence-corrected chi connectivity index (χ0v) is 16.8. The van der Waals surface area contributed by atoms with Crippen LogP contribution in [0.3, 0.4) is 0 Å². The highest BCUT2D eigenvalue weighted by Crippen LogP contribution is 2.28. The summed E-state index contributed by atoms with van der Waals surface area (Å²) in [6.45, 7) is 1.48. The number of benzene rings is 2. The zero-order chi connectivity index (χ0) is 20.3. The second kappa shape index (κ2) is 8.11. The molecular weight excluding hydrogens is 372 g/mol. The Balaban J connectivity index is 1.31. The Morgan fingerprint density at radius 1 is 0.867 bits per heavy atom. The van der Waals surface area contributed by atoms with Gasteiger partial charge in [0.2, 0.25) is 0 Å². The molecule has 1 fully saturated rings. The number of rotatable bonds is 4. The first-order valence-electron chi connectivity index (χ1n) is 10.5. The maximum absolute atomic E-state index is 13.3. The highest BCUT2D eigenvalue weighted by atomic mass is 16.2. The summed E-state index contributed by atoms with van der Waals surface area (Å²) in [7, 11) is 0. The third kappa shape index (κ3) is 3.59. The van der Waals surface area contributed by atoms with E-state index >= 15 is 0 Å². The number of aromatic nitrogens is 3. The predicted molar refractivity (Wildman–Crippen MR) is 117 cm³/mol. The van der Waals surface area contributed by atoms with Crippen LogP contribution in [0.5, 0.6) is 0 Å². The van der Waals surface area contributed by atoms with Gasteiger partial charge in [-0.05, 0) is 48.6 Å². The number of fused-ring (bicyclic) bond motifs is 1. The topological polar surface area (TPSA) is 50.5 Å². The van der Waals surface area contributed by atoms with Crippen molar-refractivity contribution in [2.75, 3.05) is 13.1 Å². The number of hydrogen-bond donors (Lipinski definition) is 0. The smallest absolute Gasteiger partial charge is 0.254 e. The molecule has 4 aromatic rings. The van der Waals surface area contributed by atoms with Gasteiger partial charge < -0.3 is 4.90 Å². The molecule has 5 rings (SSSR count). The molecule has 150 valence electrons. The van der Waals surface area contributed by atoms with E-state index in [0.29, 0.717) is 5.92 Å². The first kappa shape index (κ1) is 18.6. The van der Waals surface area contributed by atoms with Crippen molar-refractivity contribution < 1.29 is 4.79 Å². The van der Waals surface area contributed by atoms with E-state index in [2.05, 4.69) is 32.8 Å². The lowest BCUT2D eigenvalue weighted by molar-refractivity contribution is 0.0710. The maximum atomic E-state index is 13.3. The molecule has 0 unspecified atom stereocenters. The first-order valence-corrected chi connectivity index (χ1v) is 10.5. The Bertz CT molecular complexity index is 1160. The SMILES string of the molecule is O=C(c1ccccc1Cc1ccccc1)N1CCC(c2nnc3ccccn23)CC1. The number of pyridine rings is 1. The molecule has 0 saturated carbocycles. The molecular formula is C25H24N4O. The summed E-state index contributed by atoms with van der Waals surface area (Å²) in [6, 6.07) is 24.2. The summed E-state index contributed by atoms with van der Waals surface area (Å²) in [5.74, 6) is 1.46. The summed E-state index contributed by atoms with van der Waals surface area (Å²) in [4.78, 5) is 15.3. The summed E-state index contributed by atoms with van der Waals surface area (Å²) in [5.41, 5.74) is 3.99. The minimum atomic E-state index is 0.131. The van der Waals surface area contributed by atoms with Gasteiger partial charge in [-0.1, -0.05) is 54.6 Å². The van der Waals surface area contributed by atoms with Gasteiger partial charge >= 0.3 is 0 Å². The molecule has 0 atom stereocenters. The number of carbonyl (C=O) groups is 1. The standard InChI is InChI=1S/C25H24N4O/c30-25(22-11-5-4-10-21(22)18-19-8-2-1-3-9-19)28-16-13-20(14-17-28)24-27-26-23-12-6-7-15-29(23)24/h1-12,15,20H,13-14,16-18H2. The highest BCUT2D eigenvalue weighted by molar-refractivity contribution is 5.95. The van der Waals surface area contributed by atoms with Gasteiger partial charge in [-0.3, -0.25) is 9.20 Å². The van der Waals surface area contributed by atoms with Crippen molar-refractivity contribution in [1.29, 1.82) is 0 Å². The van der Waals surface area contributed by atoms with Crippen LogP contribution in [-0.4, -0.2) is 38.5 Å². The molecule has 1 amide bonds. The lowest BCUT2D eigenvalue weighted by Crippen LogP contribution is -2.38. The number of nitrogens with zero attached hydrogens (tertiary/aromatic N) is 4. The number of amides is 1. The average Bonchev–Trinajstić information content (AvgIpc) is 3.24. The number of hydrogen-bond acceptors (Lipinski definition) is 3. The molecule has 5 nitrogen and oxygen atoms in total. The van der Waals surface area contributed by atoms with Crippen molar-refractivity contribution in [3.63, 3.8) is 0 Å². The lowest BCUT2D eigenvalue weighted by Gasteiger charge is -2.31. The fraction of sp³-hybridized carbons (Fsp3) is 0.240. The highest BCUT2D eigenvalue weighted by Gasteiger charge is 2.28. The zero-order valence-electron chi connectivity index (χ0n) is 16.8. The van der Waals surface area contributed by atoms with Crippen molar-refractivity contribution >= 4 is 11.6 Å². The van der Waals surface area contributed by atoms with Gasteiger partial charge in [0.15, 0.2) is 5.65 Å².